The molecule has 2 heterocycles. The zero-order chi connectivity index (χ0) is 13.3. The van der Waals surface area contributed by atoms with Crippen molar-refractivity contribution in [1.29, 1.82) is 0 Å². The van der Waals surface area contributed by atoms with Crippen LogP contribution in [-0.4, -0.2) is 51.7 Å². The number of anilines is 1. The lowest BCUT2D eigenvalue weighted by Crippen LogP contribution is -2.42. The van der Waals surface area contributed by atoms with Gasteiger partial charge in [0, 0.05) is 13.2 Å². The summed E-state index contributed by atoms with van der Waals surface area (Å²) in [5.41, 5.74) is 5.24. The highest BCUT2D eigenvalue weighted by Gasteiger charge is 2.42. The van der Waals surface area contributed by atoms with Gasteiger partial charge < -0.3 is 26.0 Å². The van der Waals surface area contributed by atoms with Crippen LogP contribution in [0, 0.1) is 0 Å². The highest BCUT2D eigenvalue weighted by atomic mass is 16.5. The van der Waals surface area contributed by atoms with Gasteiger partial charge in [0.25, 0.3) is 0 Å². The molecule has 0 aliphatic carbocycles. The maximum Gasteiger partial charge on any atom is 0.351 e. The molecule has 4 atom stereocenters. The van der Waals surface area contributed by atoms with Crippen LogP contribution >= 0.6 is 0 Å². The molecule has 0 amide bonds. The van der Waals surface area contributed by atoms with Gasteiger partial charge in [-0.2, -0.15) is 4.98 Å². The predicted octanol–water partition coefficient (Wildman–Crippen LogP) is -2.14. The van der Waals surface area contributed by atoms with E-state index in [0.29, 0.717) is 5.82 Å². The largest absolute Gasteiger partial charge is 0.394 e. The SMILES string of the molecule is CNc1ccn([C@@H]2O[C@H](CO)[C@@H](O)C2N)c(=O)n1. The highest BCUT2D eigenvalue weighted by molar-refractivity contribution is 5.30. The zero-order valence-corrected chi connectivity index (χ0v) is 9.85. The van der Waals surface area contributed by atoms with Crippen LogP contribution in [0.3, 0.4) is 0 Å². The van der Waals surface area contributed by atoms with Crippen molar-refractivity contribution < 1.29 is 14.9 Å². The van der Waals surface area contributed by atoms with Crippen LogP contribution in [0.1, 0.15) is 6.23 Å². The van der Waals surface area contributed by atoms with Gasteiger partial charge in [0.2, 0.25) is 0 Å². The molecule has 2 rings (SSSR count). The number of aliphatic hydroxyl groups excluding tert-OH is 2. The molecule has 8 nitrogen and oxygen atoms in total. The lowest BCUT2D eigenvalue weighted by Gasteiger charge is -2.17. The fraction of sp³-hybridized carbons (Fsp3) is 0.600. The third-order valence-electron chi connectivity index (χ3n) is 2.96. The van der Waals surface area contributed by atoms with Crippen molar-refractivity contribution in [3.05, 3.63) is 22.7 Å². The van der Waals surface area contributed by atoms with E-state index in [0.717, 1.165) is 0 Å². The Hall–Kier alpha value is -1.48. The number of nitrogens with two attached hydrogens (primary N) is 1. The Morgan fingerprint density at radius 2 is 2.39 bits per heavy atom. The number of hydrogen-bond acceptors (Lipinski definition) is 7. The maximum atomic E-state index is 11.8. The van der Waals surface area contributed by atoms with E-state index in [1.807, 2.05) is 0 Å². The molecule has 0 spiro atoms. The van der Waals surface area contributed by atoms with Crippen LogP contribution in [0.4, 0.5) is 5.82 Å². The van der Waals surface area contributed by atoms with Crippen LogP contribution < -0.4 is 16.7 Å². The van der Waals surface area contributed by atoms with Gasteiger partial charge in [0.05, 0.1) is 12.6 Å². The Balaban J connectivity index is 2.30. The summed E-state index contributed by atoms with van der Waals surface area (Å²) in [7, 11) is 1.65. The van der Waals surface area contributed by atoms with Crippen molar-refractivity contribution >= 4 is 5.82 Å². The summed E-state index contributed by atoms with van der Waals surface area (Å²) in [6.07, 6.45) is -1.15. The van der Waals surface area contributed by atoms with Gasteiger partial charge in [-0.1, -0.05) is 0 Å². The number of nitrogens with one attached hydrogen (secondary N) is 1. The van der Waals surface area contributed by atoms with Gasteiger partial charge in [-0.15, -0.1) is 0 Å². The van der Waals surface area contributed by atoms with E-state index in [1.165, 1.54) is 10.8 Å². The molecule has 1 aromatic rings. The number of aromatic nitrogens is 2. The monoisotopic (exact) mass is 256 g/mol. The minimum absolute atomic E-state index is 0.359. The summed E-state index contributed by atoms with van der Waals surface area (Å²) in [5.74, 6) is 0.432. The lowest BCUT2D eigenvalue weighted by molar-refractivity contribution is -0.0464. The molecule has 1 fully saturated rings. The molecular weight excluding hydrogens is 240 g/mol. The Morgan fingerprint density at radius 3 is 2.89 bits per heavy atom. The van der Waals surface area contributed by atoms with Gasteiger partial charge in [0.1, 0.15) is 18.0 Å². The first-order valence-corrected chi connectivity index (χ1v) is 5.55. The summed E-state index contributed by atoms with van der Waals surface area (Å²) >= 11 is 0. The van der Waals surface area contributed by atoms with E-state index >= 15 is 0 Å². The number of rotatable bonds is 3. The summed E-state index contributed by atoms with van der Waals surface area (Å²) in [5, 5.41) is 21.5. The van der Waals surface area contributed by atoms with Gasteiger partial charge in [-0.05, 0) is 6.07 Å². The van der Waals surface area contributed by atoms with Crippen molar-refractivity contribution in [3.8, 4) is 0 Å². The summed E-state index contributed by atoms with van der Waals surface area (Å²) in [4.78, 5) is 15.5. The molecule has 0 bridgehead atoms. The second-order valence-electron chi connectivity index (χ2n) is 4.07. The van der Waals surface area contributed by atoms with Gasteiger partial charge in [0.15, 0.2) is 6.23 Å². The quantitative estimate of drug-likeness (QED) is 0.487. The zero-order valence-electron chi connectivity index (χ0n) is 9.85. The predicted molar refractivity (Wildman–Crippen MR) is 63.0 cm³/mol. The smallest absolute Gasteiger partial charge is 0.351 e. The first-order chi connectivity index (χ1) is 8.58. The van der Waals surface area contributed by atoms with Crippen molar-refractivity contribution in [2.45, 2.75) is 24.5 Å². The topological polar surface area (TPSA) is 123 Å². The molecule has 1 unspecified atom stereocenters. The summed E-state index contributed by atoms with van der Waals surface area (Å²) < 4.78 is 6.55. The third-order valence-corrected chi connectivity index (χ3v) is 2.96. The number of hydrogen-bond donors (Lipinski definition) is 4. The van der Waals surface area contributed by atoms with E-state index in [4.69, 9.17) is 15.6 Å². The molecule has 0 saturated carbocycles. The minimum atomic E-state index is -1.02. The second kappa shape index (κ2) is 5.02. The lowest BCUT2D eigenvalue weighted by atomic mass is 10.1. The summed E-state index contributed by atoms with van der Waals surface area (Å²) in [6, 6.07) is 0.804. The maximum absolute atomic E-state index is 11.8. The van der Waals surface area contributed by atoms with Crippen molar-refractivity contribution in [2.24, 2.45) is 5.73 Å². The van der Waals surface area contributed by atoms with Gasteiger partial charge in [-0.25, -0.2) is 4.79 Å². The number of nitrogens with zero attached hydrogens (tertiary/aromatic N) is 2. The Morgan fingerprint density at radius 1 is 1.67 bits per heavy atom. The van der Waals surface area contributed by atoms with E-state index in [-0.39, 0.29) is 6.61 Å². The molecule has 8 heteroatoms. The Kier molecular flexibility index (Phi) is 3.62. The van der Waals surface area contributed by atoms with Crippen LogP contribution in [0.15, 0.2) is 17.1 Å². The Bertz CT molecular complexity index is 477. The molecule has 100 valence electrons. The molecule has 1 aromatic heterocycles. The van der Waals surface area contributed by atoms with Crippen molar-refractivity contribution in [3.63, 3.8) is 0 Å². The normalized spacial score (nSPS) is 31.6. The van der Waals surface area contributed by atoms with Crippen LogP contribution in [0.2, 0.25) is 0 Å². The first kappa shape index (κ1) is 13.0. The van der Waals surface area contributed by atoms with Crippen molar-refractivity contribution in [2.75, 3.05) is 19.0 Å². The van der Waals surface area contributed by atoms with E-state index in [9.17, 15) is 9.90 Å². The second-order valence-corrected chi connectivity index (χ2v) is 4.07. The number of ether oxygens (including phenoxy) is 1. The highest BCUT2D eigenvalue weighted by Crippen LogP contribution is 2.26. The number of aliphatic hydroxyl groups is 2. The molecule has 0 aromatic carbocycles. The molecule has 5 N–H and O–H groups in total. The molecule has 1 aliphatic rings. The van der Waals surface area contributed by atoms with Crippen LogP contribution in [-0.2, 0) is 4.74 Å². The molecule has 1 saturated heterocycles. The molecular formula is C10H16N4O4. The van der Waals surface area contributed by atoms with E-state index < -0.39 is 30.2 Å². The molecule has 0 radical (unpaired) electrons. The summed E-state index contributed by atoms with van der Waals surface area (Å²) in [6.45, 7) is -0.359. The molecule has 1 aliphatic heterocycles. The average Bonchev–Trinajstić information content (AvgIpc) is 2.66. The van der Waals surface area contributed by atoms with E-state index in [1.54, 1.807) is 13.1 Å². The standard InChI is InChI=1S/C10H16N4O4/c1-12-6-2-3-14(10(17)13-6)9-7(11)8(16)5(4-15)18-9/h2-3,5,7-9,15-16H,4,11H2,1H3,(H,12,13,17)/t5-,7?,8-,9-/m1/s1. The van der Waals surface area contributed by atoms with Crippen LogP contribution in [0.5, 0.6) is 0 Å². The van der Waals surface area contributed by atoms with Crippen LogP contribution in [0.25, 0.3) is 0 Å². The third kappa shape index (κ3) is 2.10. The first-order valence-electron chi connectivity index (χ1n) is 5.55. The average molecular weight is 256 g/mol. The fourth-order valence-electron chi connectivity index (χ4n) is 1.91. The minimum Gasteiger partial charge on any atom is -0.394 e. The van der Waals surface area contributed by atoms with Gasteiger partial charge in [-0.3, -0.25) is 4.57 Å². The fourth-order valence-corrected chi connectivity index (χ4v) is 1.91. The van der Waals surface area contributed by atoms with Crippen molar-refractivity contribution in [1.82, 2.24) is 9.55 Å². The Labute approximate surface area is 103 Å². The molecule has 18 heavy (non-hydrogen) atoms. The van der Waals surface area contributed by atoms with Gasteiger partial charge >= 0.3 is 5.69 Å². The van der Waals surface area contributed by atoms with E-state index in [2.05, 4.69) is 10.3 Å².